The predicted molar refractivity (Wildman–Crippen MR) is 147 cm³/mol. The number of carbonyl (C=O) groups excluding carboxylic acids is 1. The van der Waals surface area contributed by atoms with E-state index in [9.17, 15) is 13.6 Å². The van der Waals surface area contributed by atoms with E-state index in [0.29, 0.717) is 22.4 Å². The molecule has 0 spiro atoms. The average molecular weight is 561 g/mol. The van der Waals surface area contributed by atoms with E-state index in [2.05, 4.69) is 40.8 Å². The van der Waals surface area contributed by atoms with Gasteiger partial charge in [-0.25, -0.2) is 8.78 Å². The van der Waals surface area contributed by atoms with E-state index in [4.69, 9.17) is 4.74 Å². The highest BCUT2D eigenvalue weighted by Crippen LogP contribution is 2.25. The second-order valence-corrected chi connectivity index (χ2v) is 10.4. The summed E-state index contributed by atoms with van der Waals surface area (Å²) in [7, 11) is 0. The first-order chi connectivity index (χ1) is 18.9. The number of hydrogen-bond donors (Lipinski definition) is 2. The molecule has 1 aromatic carbocycles. The maximum absolute atomic E-state index is 13.7. The van der Waals surface area contributed by atoms with Gasteiger partial charge in [0.25, 0.3) is 0 Å². The summed E-state index contributed by atoms with van der Waals surface area (Å²) in [5.41, 5.74) is 0.676. The fraction of sp³-hybridized carbons (Fsp3) is 0.500. The molecule has 13 heteroatoms. The molecule has 0 aliphatic carbocycles. The van der Waals surface area contributed by atoms with Gasteiger partial charge in [-0.15, -0.1) is 15.3 Å². The van der Waals surface area contributed by atoms with Gasteiger partial charge in [0.05, 0.1) is 6.61 Å². The Hall–Kier alpha value is -3.45. The Morgan fingerprint density at radius 1 is 1.10 bits per heavy atom. The van der Waals surface area contributed by atoms with Crippen LogP contribution in [-0.4, -0.2) is 70.0 Å². The van der Waals surface area contributed by atoms with Gasteiger partial charge in [0, 0.05) is 38.8 Å². The van der Waals surface area contributed by atoms with Crippen molar-refractivity contribution >= 4 is 33.3 Å². The van der Waals surface area contributed by atoms with E-state index in [1.807, 2.05) is 12.1 Å². The van der Waals surface area contributed by atoms with E-state index in [-0.39, 0.29) is 24.3 Å². The summed E-state index contributed by atoms with van der Waals surface area (Å²) >= 11 is 1.33. The molecule has 0 bridgehead atoms. The summed E-state index contributed by atoms with van der Waals surface area (Å²) in [6.45, 7) is 7.82. The molecule has 2 N–H and O–H groups in total. The van der Waals surface area contributed by atoms with E-state index < -0.39 is 11.6 Å². The summed E-state index contributed by atoms with van der Waals surface area (Å²) < 4.78 is 32.3. The van der Waals surface area contributed by atoms with Crippen LogP contribution in [0.25, 0.3) is 0 Å². The second-order valence-electron chi connectivity index (χ2n) is 9.41. The van der Waals surface area contributed by atoms with Crippen LogP contribution in [0.15, 0.2) is 30.5 Å². The number of nitrogens with zero attached hydrogens (tertiary/aromatic N) is 6. The van der Waals surface area contributed by atoms with Gasteiger partial charge in [-0.2, -0.15) is 5.10 Å². The molecular formula is C26H34F2N8O2S. The normalized spacial score (nSPS) is 17.3. The molecule has 0 radical (unpaired) electrons. The number of benzene rings is 1. The SMILES string of the molecule is CC(=O)Nc1nnc(NC2CCN(c3cccnn3)C2)s1.CCOc1c(F)cc(CN2CCCCC2)cc1F. The van der Waals surface area contributed by atoms with Crippen molar-refractivity contribution in [3.8, 4) is 5.75 Å². The van der Waals surface area contributed by atoms with Gasteiger partial charge in [0.15, 0.2) is 23.2 Å². The Morgan fingerprint density at radius 2 is 1.85 bits per heavy atom. The second kappa shape index (κ2) is 14.1. The van der Waals surface area contributed by atoms with Crippen molar-refractivity contribution in [1.29, 1.82) is 0 Å². The monoisotopic (exact) mass is 560 g/mol. The Bertz CT molecular complexity index is 1190. The Labute approximate surface area is 230 Å². The van der Waals surface area contributed by atoms with Crippen molar-refractivity contribution in [1.82, 2.24) is 25.3 Å². The van der Waals surface area contributed by atoms with E-state index in [1.165, 1.54) is 49.7 Å². The zero-order valence-corrected chi connectivity index (χ0v) is 23.0. The molecule has 210 valence electrons. The summed E-state index contributed by atoms with van der Waals surface area (Å²) in [5.74, 6) is -0.738. The summed E-state index contributed by atoms with van der Waals surface area (Å²) in [6.07, 6.45) is 6.25. The van der Waals surface area contributed by atoms with Gasteiger partial charge in [-0.3, -0.25) is 9.69 Å². The number of aromatic nitrogens is 4. The summed E-state index contributed by atoms with van der Waals surface area (Å²) in [6, 6.07) is 6.87. The lowest BCUT2D eigenvalue weighted by molar-refractivity contribution is -0.114. The fourth-order valence-corrected chi connectivity index (χ4v) is 5.33. The molecule has 1 amide bonds. The molecule has 2 aliphatic rings. The first-order valence-corrected chi connectivity index (χ1v) is 14.0. The van der Waals surface area contributed by atoms with Crippen molar-refractivity contribution in [3.63, 3.8) is 0 Å². The molecular weight excluding hydrogens is 526 g/mol. The third-order valence-corrected chi connectivity index (χ3v) is 7.08. The van der Waals surface area contributed by atoms with Gasteiger partial charge in [-0.05, 0) is 69.1 Å². The zero-order chi connectivity index (χ0) is 27.6. The number of carbonyl (C=O) groups is 1. The number of halogens is 2. The smallest absolute Gasteiger partial charge is 0.223 e. The van der Waals surface area contributed by atoms with E-state index in [0.717, 1.165) is 38.4 Å². The quantitative estimate of drug-likeness (QED) is 0.416. The number of rotatable bonds is 8. The number of likely N-dealkylation sites (tertiary alicyclic amines) is 1. The molecule has 2 saturated heterocycles. The maximum atomic E-state index is 13.7. The van der Waals surface area contributed by atoms with Crippen LogP contribution < -0.4 is 20.3 Å². The molecule has 2 aliphatic heterocycles. The molecule has 1 atom stereocenters. The third-order valence-electron chi connectivity index (χ3n) is 6.31. The average Bonchev–Trinajstić information content (AvgIpc) is 3.57. The summed E-state index contributed by atoms with van der Waals surface area (Å²) in [5, 5.41) is 23.1. The molecule has 2 aromatic heterocycles. The fourth-order valence-electron chi connectivity index (χ4n) is 4.57. The highest BCUT2D eigenvalue weighted by atomic mass is 32.1. The molecule has 10 nitrogen and oxygen atoms in total. The number of amides is 1. The van der Waals surface area contributed by atoms with Crippen LogP contribution >= 0.6 is 11.3 Å². The summed E-state index contributed by atoms with van der Waals surface area (Å²) in [4.78, 5) is 15.4. The number of hydrogen-bond acceptors (Lipinski definition) is 10. The first-order valence-electron chi connectivity index (χ1n) is 13.1. The lowest BCUT2D eigenvalue weighted by atomic mass is 10.1. The topological polar surface area (TPSA) is 108 Å². The Balaban J connectivity index is 0.000000183. The van der Waals surface area contributed by atoms with Crippen LogP contribution in [0, 0.1) is 11.6 Å². The minimum absolute atomic E-state index is 0.146. The predicted octanol–water partition coefficient (Wildman–Crippen LogP) is 4.33. The van der Waals surface area contributed by atoms with Gasteiger partial charge < -0.3 is 20.3 Å². The zero-order valence-electron chi connectivity index (χ0n) is 22.2. The Morgan fingerprint density at radius 3 is 2.51 bits per heavy atom. The molecule has 39 heavy (non-hydrogen) atoms. The molecule has 4 heterocycles. The van der Waals surface area contributed by atoms with Crippen LogP contribution in [0.2, 0.25) is 0 Å². The minimum Gasteiger partial charge on any atom is -0.488 e. The number of anilines is 3. The lowest BCUT2D eigenvalue weighted by Gasteiger charge is -2.26. The molecule has 0 saturated carbocycles. The van der Waals surface area contributed by atoms with E-state index >= 15 is 0 Å². The van der Waals surface area contributed by atoms with Gasteiger partial charge in [-0.1, -0.05) is 17.8 Å². The number of ether oxygens (including phenoxy) is 1. The van der Waals surface area contributed by atoms with E-state index in [1.54, 1.807) is 13.1 Å². The van der Waals surface area contributed by atoms with Crippen molar-refractivity contribution < 1.29 is 18.3 Å². The van der Waals surface area contributed by atoms with Crippen molar-refractivity contribution in [2.75, 3.05) is 48.3 Å². The highest BCUT2D eigenvalue weighted by molar-refractivity contribution is 7.19. The number of nitrogens with one attached hydrogen (secondary N) is 2. The molecule has 5 rings (SSSR count). The van der Waals surface area contributed by atoms with Crippen LogP contribution in [-0.2, 0) is 11.3 Å². The standard InChI is InChI=1S/C14H19F2NO.C12H15N7OS/c1-2-18-14-12(15)8-11(9-13(14)16)10-17-6-4-3-5-7-17;1-8(20)14-11-17-18-12(21-11)15-9-4-6-19(7-9)10-3-2-5-13-16-10/h8-9H,2-7,10H2,1H3;2-3,5,9H,4,6-7H2,1H3,(H,15,18)(H,14,17,20). The van der Waals surface area contributed by atoms with Crippen LogP contribution in [0.5, 0.6) is 5.75 Å². The first kappa shape index (κ1) is 28.6. The third kappa shape index (κ3) is 8.52. The molecule has 1 unspecified atom stereocenters. The van der Waals surface area contributed by atoms with Crippen LogP contribution in [0.1, 0.15) is 45.1 Å². The number of piperidine rings is 1. The van der Waals surface area contributed by atoms with Crippen molar-refractivity contribution in [2.24, 2.45) is 0 Å². The largest absolute Gasteiger partial charge is 0.488 e. The van der Waals surface area contributed by atoms with Crippen molar-refractivity contribution in [2.45, 2.75) is 52.1 Å². The van der Waals surface area contributed by atoms with Crippen molar-refractivity contribution in [3.05, 3.63) is 47.7 Å². The Kier molecular flexibility index (Phi) is 10.3. The van der Waals surface area contributed by atoms with Gasteiger partial charge in [0.1, 0.15) is 0 Å². The molecule has 3 aromatic rings. The van der Waals surface area contributed by atoms with Gasteiger partial charge in [0.2, 0.25) is 16.2 Å². The minimum atomic E-state index is -0.608. The van der Waals surface area contributed by atoms with Crippen LogP contribution in [0.4, 0.5) is 24.9 Å². The molecule has 2 fully saturated rings. The lowest BCUT2D eigenvalue weighted by Crippen LogP contribution is -2.29. The maximum Gasteiger partial charge on any atom is 0.223 e. The van der Waals surface area contributed by atoms with Crippen LogP contribution in [0.3, 0.4) is 0 Å². The van der Waals surface area contributed by atoms with Gasteiger partial charge >= 0.3 is 0 Å². The highest BCUT2D eigenvalue weighted by Gasteiger charge is 2.24.